The first-order valence-corrected chi connectivity index (χ1v) is 2.44. The Labute approximate surface area is 48.1 Å². The highest BCUT2D eigenvalue weighted by Gasteiger charge is 2.19. The van der Waals surface area contributed by atoms with E-state index in [0.717, 1.165) is 0 Å². The maximum absolute atomic E-state index is 10.5. The lowest BCUT2D eigenvalue weighted by Gasteiger charge is -2.12. The van der Waals surface area contributed by atoms with Gasteiger partial charge >= 0.3 is 5.97 Å². The average Bonchev–Trinajstić information content (AvgIpc) is 1.62. The van der Waals surface area contributed by atoms with E-state index in [0.29, 0.717) is 0 Å². The third kappa shape index (κ3) is 0.735. The van der Waals surface area contributed by atoms with Gasteiger partial charge in [0, 0.05) is 6.42 Å². The van der Waals surface area contributed by atoms with Crippen LogP contribution < -0.4 is 0 Å². The maximum Gasteiger partial charge on any atom is 0.313 e. The molecule has 0 N–H and O–H groups in total. The summed E-state index contributed by atoms with van der Waals surface area (Å²) >= 11 is 0. The summed E-state index contributed by atoms with van der Waals surface area (Å²) in [5, 5.41) is 0. The summed E-state index contributed by atoms with van der Waals surface area (Å²) in [6.07, 6.45) is 5.43. The van der Waals surface area contributed by atoms with E-state index >= 15 is 0 Å². The number of methoxy groups -OCH3 is 1. The number of ether oxygens (including phenoxy) is 1. The molecule has 0 aliphatic heterocycles. The van der Waals surface area contributed by atoms with E-state index in [1.807, 2.05) is 6.08 Å². The summed E-state index contributed by atoms with van der Waals surface area (Å²) in [6, 6.07) is 0. The first kappa shape index (κ1) is 5.35. The minimum absolute atomic E-state index is 0.0694. The molecule has 8 heavy (non-hydrogen) atoms. The van der Waals surface area contributed by atoms with Crippen molar-refractivity contribution in [1.29, 1.82) is 0 Å². The third-order valence-corrected chi connectivity index (χ3v) is 1.11. The Bertz CT molecular complexity index is 126. The SMILES string of the molecule is COC(=O)C1[CH]C=C1. The van der Waals surface area contributed by atoms with E-state index in [4.69, 9.17) is 0 Å². The van der Waals surface area contributed by atoms with Gasteiger partial charge < -0.3 is 4.74 Å². The zero-order valence-corrected chi connectivity index (χ0v) is 4.63. The van der Waals surface area contributed by atoms with Crippen LogP contribution in [0.2, 0.25) is 0 Å². The van der Waals surface area contributed by atoms with Crippen molar-refractivity contribution < 1.29 is 9.53 Å². The molecule has 0 saturated heterocycles. The third-order valence-electron chi connectivity index (χ3n) is 1.11. The van der Waals surface area contributed by atoms with Crippen LogP contribution in [0.15, 0.2) is 12.2 Å². The van der Waals surface area contributed by atoms with Gasteiger partial charge in [-0.1, -0.05) is 12.2 Å². The van der Waals surface area contributed by atoms with Gasteiger partial charge in [0.2, 0.25) is 0 Å². The molecule has 2 heteroatoms. The molecule has 0 aromatic heterocycles. The summed E-state index contributed by atoms with van der Waals surface area (Å²) in [5.74, 6) is -0.243. The molecular weight excluding hydrogens is 104 g/mol. The van der Waals surface area contributed by atoms with Gasteiger partial charge in [-0.05, 0) is 0 Å². The van der Waals surface area contributed by atoms with Crippen molar-refractivity contribution in [3.05, 3.63) is 18.6 Å². The molecule has 1 aliphatic carbocycles. The molecule has 43 valence electrons. The van der Waals surface area contributed by atoms with Crippen molar-refractivity contribution >= 4 is 5.97 Å². The number of carbonyl (C=O) groups is 1. The molecule has 1 rings (SSSR count). The number of hydrogen-bond acceptors (Lipinski definition) is 2. The Morgan fingerprint density at radius 3 is 2.50 bits per heavy atom. The summed E-state index contributed by atoms with van der Waals surface area (Å²) in [5.41, 5.74) is 0. The van der Waals surface area contributed by atoms with Crippen LogP contribution in [0.4, 0.5) is 0 Å². The van der Waals surface area contributed by atoms with E-state index in [-0.39, 0.29) is 11.9 Å². The van der Waals surface area contributed by atoms with Gasteiger partial charge in [0.25, 0.3) is 0 Å². The zero-order chi connectivity index (χ0) is 5.98. The molecule has 0 heterocycles. The highest BCUT2D eigenvalue weighted by atomic mass is 16.5. The number of rotatable bonds is 1. The second kappa shape index (κ2) is 1.99. The Morgan fingerprint density at radius 2 is 2.38 bits per heavy atom. The molecular formula is C6H7O2. The van der Waals surface area contributed by atoms with Crippen LogP contribution in [0.1, 0.15) is 0 Å². The van der Waals surface area contributed by atoms with E-state index in [1.165, 1.54) is 7.11 Å². The van der Waals surface area contributed by atoms with Crippen molar-refractivity contribution in [3.8, 4) is 0 Å². The Morgan fingerprint density at radius 1 is 1.75 bits per heavy atom. The zero-order valence-electron chi connectivity index (χ0n) is 4.63. The fourth-order valence-electron chi connectivity index (χ4n) is 0.515. The largest absolute Gasteiger partial charge is 0.469 e. The molecule has 0 bridgehead atoms. The van der Waals surface area contributed by atoms with Gasteiger partial charge in [0.15, 0.2) is 0 Å². The maximum atomic E-state index is 10.5. The fourth-order valence-corrected chi connectivity index (χ4v) is 0.515. The lowest BCUT2D eigenvalue weighted by molar-refractivity contribution is -0.142. The average molecular weight is 111 g/mol. The second-order valence-corrected chi connectivity index (χ2v) is 1.63. The Balaban J connectivity index is 2.36. The highest BCUT2D eigenvalue weighted by Crippen LogP contribution is 2.15. The van der Waals surface area contributed by atoms with Crippen molar-refractivity contribution in [2.24, 2.45) is 5.92 Å². The smallest absolute Gasteiger partial charge is 0.313 e. The fraction of sp³-hybridized carbons (Fsp3) is 0.333. The normalized spacial score (nSPS) is 24.4. The Hall–Kier alpha value is -0.790. The van der Waals surface area contributed by atoms with Crippen LogP contribution in [-0.4, -0.2) is 13.1 Å². The van der Waals surface area contributed by atoms with Crippen LogP contribution in [0, 0.1) is 12.3 Å². The van der Waals surface area contributed by atoms with Gasteiger partial charge in [-0.25, -0.2) is 0 Å². The number of esters is 1. The molecule has 1 atom stereocenters. The minimum Gasteiger partial charge on any atom is -0.469 e. The summed E-state index contributed by atoms with van der Waals surface area (Å²) in [4.78, 5) is 10.5. The van der Waals surface area contributed by atoms with Crippen molar-refractivity contribution in [2.75, 3.05) is 7.11 Å². The van der Waals surface area contributed by atoms with E-state index in [2.05, 4.69) is 4.74 Å². The van der Waals surface area contributed by atoms with E-state index < -0.39 is 0 Å². The highest BCUT2D eigenvalue weighted by molar-refractivity contribution is 5.78. The molecule has 1 aliphatic rings. The molecule has 1 unspecified atom stereocenters. The first-order valence-electron chi connectivity index (χ1n) is 2.44. The molecule has 0 spiro atoms. The lowest BCUT2D eigenvalue weighted by atomic mass is 9.96. The van der Waals surface area contributed by atoms with Crippen molar-refractivity contribution in [1.82, 2.24) is 0 Å². The van der Waals surface area contributed by atoms with E-state index in [1.54, 1.807) is 12.5 Å². The predicted molar refractivity (Wildman–Crippen MR) is 28.9 cm³/mol. The standard InChI is InChI=1S/C6H7O2/c1-8-6(7)5-3-2-4-5/h2-5H,1H3. The predicted octanol–water partition coefficient (Wildman–Crippen LogP) is 0.550. The minimum atomic E-state index is -0.174. The monoisotopic (exact) mass is 111 g/mol. The molecule has 0 amide bonds. The summed E-state index contributed by atoms with van der Waals surface area (Å²) in [7, 11) is 1.39. The van der Waals surface area contributed by atoms with Gasteiger partial charge in [0.05, 0.1) is 13.0 Å². The number of hydrogen-bond donors (Lipinski definition) is 0. The molecule has 0 aromatic rings. The summed E-state index contributed by atoms with van der Waals surface area (Å²) in [6.45, 7) is 0. The molecule has 0 aromatic carbocycles. The second-order valence-electron chi connectivity index (χ2n) is 1.63. The van der Waals surface area contributed by atoms with Crippen LogP contribution >= 0.6 is 0 Å². The topological polar surface area (TPSA) is 26.3 Å². The molecule has 0 saturated carbocycles. The van der Waals surface area contributed by atoms with Gasteiger partial charge in [-0.3, -0.25) is 4.79 Å². The Kier molecular flexibility index (Phi) is 1.33. The molecule has 2 nitrogen and oxygen atoms in total. The van der Waals surface area contributed by atoms with Crippen molar-refractivity contribution in [3.63, 3.8) is 0 Å². The number of allylic oxidation sites excluding steroid dienone is 1. The van der Waals surface area contributed by atoms with Crippen LogP contribution in [0.25, 0.3) is 0 Å². The van der Waals surface area contributed by atoms with Gasteiger partial charge in [-0.15, -0.1) is 0 Å². The van der Waals surface area contributed by atoms with Gasteiger partial charge in [0.1, 0.15) is 0 Å². The summed E-state index contributed by atoms with van der Waals surface area (Å²) < 4.78 is 4.43. The van der Waals surface area contributed by atoms with E-state index in [9.17, 15) is 4.79 Å². The first-order chi connectivity index (χ1) is 3.84. The van der Waals surface area contributed by atoms with Crippen LogP contribution in [0.3, 0.4) is 0 Å². The lowest BCUT2D eigenvalue weighted by Crippen LogP contribution is -2.18. The van der Waals surface area contributed by atoms with Crippen LogP contribution in [-0.2, 0) is 9.53 Å². The van der Waals surface area contributed by atoms with Crippen LogP contribution in [0.5, 0.6) is 0 Å². The van der Waals surface area contributed by atoms with Gasteiger partial charge in [-0.2, -0.15) is 0 Å². The molecule has 0 fully saturated rings. The number of carbonyl (C=O) groups excluding carboxylic acids is 1. The van der Waals surface area contributed by atoms with Crippen molar-refractivity contribution in [2.45, 2.75) is 0 Å². The quantitative estimate of drug-likeness (QED) is 0.462. The molecule has 1 radical (unpaired) electrons.